The number of aromatic nitrogens is 2. The fourth-order valence-corrected chi connectivity index (χ4v) is 3.77. The second-order valence-corrected chi connectivity index (χ2v) is 7.24. The Kier molecular flexibility index (Phi) is 4.63. The van der Waals surface area contributed by atoms with Crippen molar-refractivity contribution in [3.05, 3.63) is 41.9 Å². The predicted octanol–water partition coefficient (Wildman–Crippen LogP) is 2.47. The maximum Gasteiger partial charge on any atom is 0.292 e. The number of nitrogens with zero attached hydrogens (tertiary/aromatic N) is 3. The van der Waals surface area contributed by atoms with Gasteiger partial charge in [0.05, 0.1) is 18.4 Å². The minimum Gasteiger partial charge on any atom is -0.475 e. The molecular formula is C19H23N3O4. The molecule has 0 aliphatic carbocycles. The van der Waals surface area contributed by atoms with Gasteiger partial charge in [-0.25, -0.2) is 4.98 Å². The highest BCUT2D eigenvalue weighted by atomic mass is 16.5. The van der Waals surface area contributed by atoms with Gasteiger partial charge < -0.3 is 18.9 Å². The van der Waals surface area contributed by atoms with E-state index in [-0.39, 0.29) is 17.4 Å². The average molecular weight is 357 g/mol. The van der Waals surface area contributed by atoms with Gasteiger partial charge in [0.25, 0.3) is 5.91 Å². The van der Waals surface area contributed by atoms with Crippen LogP contribution in [-0.2, 0) is 4.74 Å². The van der Waals surface area contributed by atoms with Crippen molar-refractivity contribution in [2.24, 2.45) is 5.41 Å². The van der Waals surface area contributed by atoms with Gasteiger partial charge in [0, 0.05) is 31.4 Å². The van der Waals surface area contributed by atoms with Gasteiger partial charge >= 0.3 is 0 Å². The van der Waals surface area contributed by atoms with Crippen molar-refractivity contribution in [1.82, 2.24) is 15.0 Å². The van der Waals surface area contributed by atoms with Gasteiger partial charge in [-0.1, -0.05) is 11.2 Å². The maximum absolute atomic E-state index is 12.5. The highest BCUT2D eigenvalue weighted by Gasteiger charge is 2.43. The summed E-state index contributed by atoms with van der Waals surface area (Å²) in [6.07, 6.45) is 4.63. The van der Waals surface area contributed by atoms with Crippen molar-refractivity contribution in [3.8, 4) is 5.88 Å². The molecule has 2 saturated heterocycles. The van der Waals surface area contributed by atoms with Gasteiger partial charge in [-0.3, -0.25) is 4.79 Å². The van der Waals surface area contributed by atoms with Crippen LogP contribution >= 0.6 is 0 Å². The van der Waals surface area contributed by atoms with Crippen LogP contribution < -0.4 is 4.74 Å². The molecule has 2 aliphatic heterocycles. The van der Waals surface area contributed by atoms with Gasteiger partial charge in [0.2, 0.25) is 11.6 Å². The van der Waals surface area contributed by atoms with E-state index in [1.807, 2.05) is 30.0 Å². The quantitative estimate of drug-likeness (QED) is 0.836. The van der Waals surface area contributed by atoms with E-state index in [0.717, 1.165) is 44.7 Å². The Morgan fingerprint density at radius 1 is 1.38 bits per heavy atom. The molecule has 4 rings (SSSR count). The van der Waals surface area contributed by atoms with Gasteiger partial charge in [-0.05, 0) is 37.7 Å². The van der Waals surface area contributed by atoms with Crippen molar-refractivity contribution in [2.75, 3.05) is 26.3 Å². The lowest BCUT2D eigenvalue weighted by atomic mass is 9.76. The first-order chi connectivity index (χ1) is 12.6. The molecule has 2 aromatic heterocycles. The molecule has 0 bridgehead atoms. The van der Waals surface area contributed by atoms with Crippen LogP contribution in [0.1, 0.15) is 35.5 Å². The van der Waals surface area contributed by atoms with Crippen LogP contribution in [-0.4, -0.2) is 53.4 Å². The Balaban J connectivity index is 1.28. The number of hydrogen-bond donors (Lipinski definition) is 0. The summed E-state index contributed by atoms with van der Waals surface area (Å²) < 4.78 is 16.8. The standard InChI is InChI=1S/C19H23N3O4/c1-14-10-16(26-21-14)18(23)22-8-5-19(6-9-22)11-15(25-13-19)12-24-17-4-2-3-7-20-17/h2-4,7,10,15H,5-6,8-9,11-13H2,1H3/t15-/m1/s1. The second-order valence-electron chi connectivity index (χ2n) is 7.24. The first-order valence-electron chi connectivity index (χ1n) is 9.02. The van der Waals surface area contributed by atoms with Crippen LogP contribution in [0.2, 0.25) is 0 Å². The molecule has 2 aliphatic rings. The molecule has 7 heteroatoms. The zero-order chi connectivity index (χ0) is 18.0. The molecule has 4 heterocycles. The second kappa shape index (κ2) is 7.07. The number of pyridine rings is 1. The number of aryl methyl sites for hydroxylation is 1. The minimum atomic E-state index is -0.0746. The van der Waals surface area contributed by atoms with Crippen LogP contribution in [0, 0.1) is 12.3 Å². The topological polar surface area (TPSA) is 77.7 Å². The number of rotatable bonds is 4. The molecular weight excluding hydrogens is 334 g/mol. The van der Waals surface area contributed by atoms with Crippen LogP contribution in [0.15, 0.2) is 35.0 Å². The van der Waals surface area contributed by atoms with Crippen LogP contribution in [0.3, 0.4) is 0 Å². The third kappa shape index (κ3) is 3.58. The Morgan fingerprint density at radius 2 is 2.23 bits per heavy atom. The normalized spacial score (nSPS) is 21.9. The zero-order valence-corrected chi connectivity index (χ0v) is 14.9. The maximum atomic E-state index is 12.5. The zero-order valence-electron chi connectivity index (χ0n) is 14.9. The number of amides is 1. The number of likely N-dealkylation sites (tertiary alicyclic amines) is 1. The van der Waals surface area contributed by atoms with E-state index in [1.165, 1.54) is 0 Å². The van der Waals surface area contributed by atoms with E-state index in [4.69, 9.17) is 14.0 Å². The molecule has 0 aromatic carbocycles. The third-order valence-electron chi connectivity index (χ3n) is 5.29. The number of piperidine rings is 1. The van der Waals surface area contributed by atoms with E-state index in [1.54, 1.807) is 12.3 Å². The molecule has 0 N–H and O–H groups in total. The minimum absolute atomic E-state index is 0.0746. The van der Waals surface area contributed by atoms with Gasteiger partial charge in [-0.2, -0.15) is 0 Å². The highest BCUT2D eigenvalue weighted by molar-refractivity contribution is 5.91. The van der Waals surface area contributed by atoms with E-state index in [0.29, 0.717) is 18.2 Å². The Bertz CT molecular complexity index is 753. The molecule has 7 nitrogen and oxygen atoms in total. The van der Waals surface area contributed by atoms with Crippen molar-refractivity contribution in [2.45, 2.75) is 32.3 Å². The lowest BCUT2D eigenvalue weighted by Gasteiger charge is -2.38. The first-order valence-corrected chi connectivity index (χ1v) is 9.02. The number of hydrogen-bond acceptors (Lipinski definition) is 6. The van der Waals surface area contributed by atoms with Crippen LogP contribution in [0.4, 0.5) is 0 Å². The van der Waals surface area contributed by atoms with E-state index in [2.05, 4.69) is 10.1 Å². The average Bonchev–Trinajstić information content (AvgIpc) is 3.28. The number of carbonyl (C=O) groups is 1. The molecule has 2 fully saturated rings. The van der Waals surface area contributed by atoms with E-state index >= 15 is 0 Å². The Hall–Kier alpha value is -2.41. The monoisotopic (exact) mass is 357 g/mol. The fraction of sp³-hybridized carbons (Fsp3) is 0.526. The largest absolute Gasteiger partial charge is 0.475 e. The summed E-state index contributed by atoms with van der Waals surface area (Å²) in [7, 11) is 0. The Labute approximate surface area is 152 Å². The summed E-state index contributed by atoms with van der Waals surface area (Å²) >= 11 is 0. The molecule has 0 saturated carbocycles. The molecule has 138 valence electrons. The van der Waals surface area contributed by atoms with Crippen molar-refractivity contribution >= 4 is 5.91 Å². The summed E-state index contributed by atoms with van der Waals surface area (Å²) in [4.78, 5) is 18.5. The van der Waals surface area contributed by atoms with Crippen LogP contribution in [0.25, 0.3) is 0 Å². The van der Waals surface area contributed by atoms with Gasteiger partial charge in [-0.15, -0.1) is 0 Å². The molecule has 1 atom stereocenters. The summed E-state index contributed by atoms with van der Waals surface area (Å²) in [5.74, 6) is 0.872. The summed E-state index contributed by atoms with van der Waals surface area (Å²) in [5.41, 5.74) is 0.869. The fourth-order valence-electron chi connectivity index (χ4n) is 3.77. The summed E-state index contributed by atoms with van der Waals surface area (Å²) in [6.45, 7) is 4.49. The SMILES string of the molecule is Cc1cc(C(=O)N2CCC3(CC2)CO[C@@H](COc2ccccn2)C3)on1. The summed E-state index contributed by atoms with van der Waals surface area (Å²) in [6, 6.07) is 7.31. The number of carbonyl (C=O) groups excluding carboxylic acids is 1. The van der Waals surface area contributed by atoms with E-state index < -0.39 is 0 Å². The van der Waals surface area contributed by atoms with Gasteiger partial charge in [0.15, 0.2) is 0 Å². The van der Waals surface area contributed by atoms with Crippen molar-refractivity contribution in [1.29, 1.82) is 0 Å². The lowest BCUT2D eigenvalue weighted by Crippen LogP contribution is -2.43. The van der Waals surface area contributed by atoms with Crippen LogP contribution in [0.5, 0.6) is 5.88 Å². The van der Waals surface area contributed by atoms with Crippen molar-refractivity contribution in [3.63, 3.8) is 0 Å². The van der Waals surface area contributed by atoms with Gasteiger partial charge in [0.1, 0.15) is 6.61 Å². The molecule has 1 spiro atoms. The predicted molar refractivity (Wildman–Crippen MR) is 92.9 cm³/mol. The smallest absolute Gasteiger partial charge is 0.292 e. The van der Waals surface area contributed by atoms with Crippen molar-refractivity contribution < 1.29 is 18.8 Å². The first kappa shape index (κ1) is 17.0. The lowest BCUT2D eigenvalue weighted by molar-refractivity contribution is 0.0406. The number of ether oxygens (including phenoxy) is 2. The van der Waals surface area contributed by atoms with E-state index in [9.17, 15) is 4.79 Å². The molecule has 2 aromatic rings. The molecule has 26 heavy (non-hydrogen) atoms. The summed E-state index contributed by atoms with van der Waals surface area (Å²) in [5, 5.41) is 3.80. The molecule has 0 radical (unpaired) electrons. The third-order valence-corrected chi connectivity index (χ3v) is 5.29. The highest BCUT2D eigenvalue weighted by Crippen LogP contribution is 2.42. The molecule has 0 unspecified atom stereocenters. The molecule has 1 amide bonds. The Morgan fingerprint density at radius 3 is 2.92 bits per heavy atom.